The largest absolute Gasteiger partial charge is 0.484 e. The molecule has 0 atom stereocenters. The number of ether oxygens (including phenoxy) is 1. The van der Waals surface area contributed by atoms with E-state index in [1.165, 1.54) is 24.3 Å². The molecular formula is C20H23FN2O4S. The Morgan fingerprint density at radius 2 is 1.61 bits per heavy atom. The molecule has 8 heteroatoms. The van der Waals surface area contributed by atoms with Crippen molar-refractivity contribution in [3.63, 3.8) is 0 Å². The lowest BCUT2D eigenvalue weighted by molar-refractivity contribution is -0.135. The zero-order chi connectivity index (χ0) is 20.0. The fourth-order valence-corrected chi connectivity index (χ4v) is 4.29. The lowest BCUT2D eigenvalue weighted by Gasteiger charge is -2.34. The molecular weight excluding hydrogens is 383 g/mol. The maximum absolute atomic E-state index is 12.9. The number of carbonyl (C=O) groups is 1. The van der Waals surface area contributed by atoms with Gasteiger partial charge in [0.2, 0.25) is 0 Å². The van der Waals surface area contributed by atoms with E-state index in [9.17, 15) is 17.6 Å². The van der Waals surface area contributed by atoms with Gasteiger partial charge in [-0.05, 0) is 36.4 Å². The summed E-state index contributed by atoms with van der Waals surface area (Å²) in [6.07, 6.45) is 0. The van der Waals surface area contributed by atoms with Crippen LogP contribution in [-0.2, 0) is 14.6 Å². The molecule has 0 aliphatic carbocycles. The zero-order valence-electron chi connectivity index (χ0n) is 15.5. The topological polar surface area (TPSA) is 66.9 Å². The monoisotopic (exact) mass is 406 g/mol. The van der Waals surface area contributed by atoms with Gasteiger partial charge in [-0.15, -0.1) is 0 Å². The van der Waals surface area contributed by atoms with Crippen LogP contribution >= 0.6 is 0 Å². The summed E-state index contributed by atoms with van der Waals surface area (Å²) in [4.78, 5) is 16.3. The summed E-state index contributed by atoms with van der Waals surface area (Å²) in [5.41, 5.74) is 0. The van der Waals surface area contributed by atoms with Gasteiger partial charge in [-0.3, -0.25) is 9.69 Å². The van der Waals surface area contributed by atoms with Crippen LogP contribution in [0.4, 0.5) is 4.39 Å². The zero-order valence-corrected chi connectivity index (χ0v) is 16.3. The highest BCUT2D eigenvalue weighted by Gasteiger charge is 2.23. The van der Waals surface area contributed by atoms with Crippen molar-refractivity contribution in [1.82, 2.24) is 9.80 Å². The van der Waals surface area contributed by atoms with Gasteiger partial charge < -0.3 is 9.64 Å². The highest BCUT2D eigenvalue weighted by atomic mass is 32.2. The number of sulfone groups is 1. The molecule has 0 N–H and O–H groups in total. The van der Waals surface area contributed by atoms with E-state index in [4.69, 9.17) is 4.74 Å². The quantitative estimate of drug-likeness (QED) is 0.702. The number of hydrogen-bond donors (Lipinski definition) is 0. The molecule has 3 rings (SSSR count). The summed E-state index contributed by atoms with van der Waals surface area (Å²) >= 11 is 0. The van der Waals surface area contributed by atoms with Crippen molar-refractivity contribution in [3.8, 4) is 5.75 Å². The average molecular weight is 406 g/mol. The van der Waals surface area contributed by atoms with Crippen molar-refractivity contribution in [2.45, 2.75) is 4.90 Å². The lowest BCUT2D eigenvalue weighted by Crippen LogP contribution is -2.50. The number of piperazine rings is 1. The van der Waals surface area contributed by atoms with Crippen LogP contribution < -0.4 is 4.74 Å². The summed E-state index contributed by atoms with van der Waals surface area (Å²) in [5.74, 6) is 0.00278. The molecule has 1 saturated heterocycles. The summed E-state index contributed by atoms with van der Waals surface area (Å²) in [7, 11) is -3.30. The van der Waals surface area contributed by atoms with E-state index >= 15 is 0 Å². The third-order valence-electron chi connectivity index (χ3n) is 4.68. The minimum atomic E-state index is -3.30. The van der Waals surface area contributed by atoms with Crippen LogP contribution in [0.5, 0.6) is 5.75 Å². The first-order chi connectivity index (χ1) is 13.4. The van der Waals surface area contributed by atoms with Crippen LogP contribution in [0.3, 0.4) is 0 Å². The molecule has 0 unspecified atom stereocenters. The van der Waals surface area contributed by atoms with Crippen LogP contribution in [0.15, 0.2) is 59.5 Å². The van der Waals surface area contributed by atoms with E-state index < -0.39 is 9.84 Å². The second-order valence-electron chi connectivity index (χ2n) is 6.60. The normalized spacial score (nSPS) is 15.4. The van der Waals surface area contributed by atoms with Crippen LogP contribution in [0.25, 0.3) is 0 Å². The molecule has 1 heterocycles. The van der Waals surface area contributed by atoms with Crippen LogP contribution in [-0.4, -0.2) is 69.2 Å². The molecule has 1 fully saturated rings. The summed E-state index contributed by atoms with van der Waals surface area (Å²) in [6, 6.07) is 13.9. The molecule has 28 heavy (non-hydrogen) atoms. The number of hydrogen-bond acceptors (Lipinski definition) is 5. The minimum Gasteiger partial charge on any atom is -0.484 e. The predicted octanol–water partition coefficient (Wildman–Crippen LogP) is 1.82. The number of nitrogens with zero attached hydrogens (tertiary/aromatic N) is 2. The predicted molar refractivity (Wildman–Crippen MR) is 103 cm³/mol. The highest BCUT2D eigenvalue weighted by molar-refractivity contribution is 7.91. The first kappa shape index (κ1) is 20.3. The molecule has 150 valence electrons. The van der Waals surface area contributed by atoms with Gasteiger partial charge in [-0.2, -0.15) is 0 Å². The Morgan fingerprint density at radius 3 is 2.25 bits per heavy atom. The van der Waals surface area contributed by atoms with Gasteiger partial charge >= 0.3 is 0 Å². The Morgan fingerprint density at radius 1 is 0.964 bits per heavy atom. The Labute approximate surface area is 164 Å². The number of rotatable bonds is 7. The number of carbonyl (C=O) groups excluding carboxylic acids is 1. The van der Waals surface area contributed by atoms with Crippen molar-refractivity contribution in [3.05, 3.63) is 60.4 Å². The first-order valence-electron chi connectivity index (χ1n) is 9.10. The Hall–Kier alpha value is -2.45. The Bertz CT molecular complexity index is 880. The second kappa shape index (κ2) is 9.16. The molecule has 0 aromatic heterocycles. The Kier molecular flexibility index (Phi) is 6.64. The molecule has 0 spiro atoms. The van der Waals surface area contributed by atoms with Gasteiger partial charge in [-0.25, -0.2) is 12.8 Å². The number of halogens is 1. The van der Waals surface area contributed by atoms with Crippen molar-refractivity contribution in [1.29, 1.82) is 0 Å². The summed E-state index contributed by atoms with van der Waals surface area (Å²) in [6.45, 7) is 2.62. The summed E-state index contributed by atoms with van der Waals surface area (Å²) < 4.78 is 43.0. The van der Waals surface area contributed by atoms with E-state index in [2.05, 4.69) is 0 Å². The van der Waals surface area contributed by atoms with Gasteiger partial charge in [0, 0.05) is 32.7 Å². The third kappa shape index (κ3) is 5.53. The van der Waals surface area contributed by atoms with Crippen LogP contribution in [0.1, 0.15) is 0 Å². The third-order valence-corrected chi connectivity index (χ3v) is 6.39. The number of amides is 1. The molecule has 2 aromatic rings. The van der Waals surface area contributed by atoms with Crippen molar-refractivity contribution >= 4 is 15.7 Å². The molecule has 0 bridgehead atoms. The van der Waals surface area contributed by atoms with Crippen molar-refractivity contribution in [2.24, 2.45) is 0 Å². The van der Waals surface area contributed by atoms with Crippen LogP contribution in [0, 0.1) is 5.82 Å². The maximum Gasteiger partial charge on any atom is 0.260 e. The van der Waals surface area contributed by atoms with Gasteiger partial charge in [0.05, 0.1) is 10.6 Å². The molecule has 0 radical (unpaired) electrons. The molecule has 6 nitrogen and oxygen atoms in total. The maximum atomic E-state index is 12.9. The average Bonchev–Trinajstić information content (AvgIpc) is 2.73. The van der Waals surface area contributed by atoms with Crippen molar-refractivity contribution in [2.75, 3.05) is 45.1 Å². The lowest BCUT2D eigenvalue weighted by atomic mass is 10.3. The SMILES string of the molecule is O=C(COc1ccc(F)cc1)N1CCN(CCS(=O)(=O)c2ccccc2)CC1. The fraction of sp³-hybridized carbons (Fsp3) is 0.350. The molecule has 0 saturated carbocycles. The second-order valence-corrected chi connectivity index (χ2v) is 8.71. The molecule has 1 aliphatic heterocycles. The van der Waals surface area contributed by atoms with E-state index in [1.807, 2.05) is 4.90 Å². The minimum absolute atomic E-state index is 0.0542. The molecule has 2 aromatic carbocycles. The van der Waals surface area contributed by atoms with Crippen LogP contribution in [0.2, 0.25) is 0 Å². The van der Waals surface area contributed by atoms with E-state index in [0.717, 1.165) is 0 Å². The van der Waals surface area contributed by atoms with Gasteiger partial charge in [0.1, 0.15) is 11.6 Å². The van der Waals surface area contributed by atoms with E-state index in [0.29, 0.717) is 43.4 Å². The van der Waals surface area contributed by atoms with E-state index in [-0.39, 0.29) is 24.1 Å². The van der Waals surface area contributed by atoms with Gasteiger partial charge in [0.25, 0.3) is 5.91 Å². The van der Waals surface area contributed by atoms with Crippen molar-refractivity contribution < 1.29 is 22.3 Å². The smallest absolute Gasteiger partial charge is 0.260 e. The fourth-order valence-electron chi connectivity index (χ4n) is 2.98. The highest BCUT2D eigenvalue weighted by Crippen LogP contribution is 2.13. The van der Waals surface area contributed by atoms with E-state index in [1.54, 1.807) is 35.2 Å². The summed E-state index contributed by atoms with van der Waals surface area (Å²) in [5, 5.41) is 0. The van der Waals surface area contributed by atoms with Gasteiger partial charge in [0.15, 0.2) is 16.4 Å². The standard InChI is InChI=1S/C20H23FN2O4S/c21-17-6-8-18(9-7-17)27-16-20(24)23-12-10-22(11-13-23)14-15-28(25,26)19-4-2-1-3-5-19/h1-9H,10-16H2. The first-order valence-corrected chi connectivity index (χ1v) is 10.8. The number of benzene rings is 2. The molecule has 1 amide bonds. The Balaban J connectivity index is 1.41. The molecule has 1 aliphatic rings. The van der Waals surface area contributed by atoms with Gasteiger partial charge in [-0.1, -0.05) is 18.2 Å².